The van der Waals surface area contributed by atoms with Crippen LogP contribution in [0.25, 0.3) is 0 Å². The first kappa shape index (κ1) is 28.0. The lowest BCUT2D eigenvalue weighted by Gasteiger charge is -2.46. The lowest BCUT2D eigenvalue weighted by atomic mass is 9.81. The van der Waals surface area contributed by atoms with Crippen molar-refractivity contribution in [2.45, 2.75) is 56.6 Å². The zero-order valence-corrected chi connectivity index (χ0v) is 22.4. The molecule has 1 saturated carbocycles. The molecule has 0 saturated heterocycles. The number of aliphatic hydroxyl groups excluding tert-OH is 2. The van der Waals surface area contributed by atoms with E-state index in [2.05, 4.69) is 45.0 Å². The molecule has 2 aromatic carbocycles. The smallest absolute Gasteiger partial charge is 0.261 e. The molecular weight excluding hydrogens is 464 g/mol. The summed E-state index contributed by atoms with van der Waals surface area (Å²) in [4.78, 5) is 0. The van der Waals surface area contributed by atoms with Gasteiger partial charge in [0.2, 0.25) is 0 Å². The molecular formula is C27H40O7Si. The molecule has 0 spiro atoms. The minimum atomic E-state index is -2.78. The second kappa shape index (κ2) is 12.6. The van der Waals surface area contributed by atoms with Crippen LogP contribution in [0, 0.1) is 5.92 Å². The van der Waals surface area contributed by atoms with Crippen LogP contribution in [0.2, 0.25) is 5.04 Å². The summed E-state index contributed by atoms with van der Waals surface area (Å²) in [5, 5.41) is 24.1. The number of benzene rings is 2. The molecule has 5 atom stereocenters. The van der Waals surface area contributed by atoms with Crippen molar-refractivity contribution < 1.29 is 33.6 Å². The third-order valence-corrected chi connectivity index (χ3v) is 11.8. The molecule has 0 unspecified atom stereocenters. The number of aliphatic hydroxyl groups is 2. The summed E-state index contributed by atoms with van der Waals surface area (Å²) in [6.45, 7) is 6.96. The van der Waals surface area contributed by atoms with E-state index in [1.807, 2.05) is 36.4 Å². The van der Waals surface area contributed by atoms with E-state index in [-0.39, 0.29) is 31.1 Å². The number of rotatable bonds is 11. The molecule has 0 bridgehead atoms. The van der Waals surface area contributed by atoms with Gasteiger partial charge in [0.1, 0.15) is 25.8 Å². The SMILES string of the molecule is COCO[C@H]1[C@H](O)[C@H](O)[C@@H](CO[Si](c2ccccc2)(c2ccccc2)C(C)(C)C)C[C@H]1OCOC. The Morgan fingerprint density at radius 1 is 0.800 bits per heavy atom. The highest BCUT2D eigenvalue weighted by Crippen LogP contribution is 2.38. The summed E-state index contributed by atoms with van der Waals surface area (Å²) < 4.78 is 28.6. The van der Waals surface area contributed by atoms with E-state index in [0.29, 0.717) is 6.42 Å². The Hall–Kier alpha value is -1.62. The van der Waals surface area contributed by atoms with Crippen molar-refractivity contribution in [3.63, 3.8) is 0 Å². The fourth-order valence-electron chi connectivity index (χ4n) is 5.10. The zero-order chi connectivity index (χ0) is 25.5. The minimum absolute atomic E-state index is 0.00941. The maximum atomic E-state index is 11.1. The Morgan fingerprint density at radius 3 is 1.80 bits per heavy atom. The predicted octanol–water partition coefficient (Wildman–Crippen LogP) is 2.28. The third kappa shape index (κ3) is 6.21. The van der Waals surface area contributed by atoms with Gasteiger partial charge in [-0.2, -0.15) is 0 Å². The van der Waals surface area contributed by atoms with Crippen molar-refractivity contribution in [2.24, 2.45) is 5.92 Å². The monoisotopic (exact) mass is 504 g/mol. The fourth-order valence-corrected chi connectivity index (χ4v) is 9.72. The lowest BCUT2D eigenvalue weighted by Crippen LogP contribution is -2.67. The summed E-state index contributed by atoms with van der Waals surface area (Å²) >= 11 is 0. The zero-order valence-electron chi connectivity index (χ0n) is 21.4. The molecule has 1 aliphatic rings. The predicted molar refractivity (Wildman–Crippen MR) is 137 cm³/mol. The van der Waals surface area contributed by atoms with E-state index in [0.717, 1.165) is 10.4 Å². The van der Waals surface area contributed by atoms with Gasteiger partial charge in [-0.05, 0) is 21.8 Å². The van der Waals surface area contributed by atoms with Gasteiger partial charge in [0, 0.05) is 26.7 Å². The summed E-state index contributed by atoms with van der Waals surface area (Å²) in [5.41, 5.74) is 0. The Bertz CT molecular complexity index is 835. The third-order valence-electron chi connectivity index (χ3n) is 6.78. The van der Waals surface area contributed by atoms with E-state index in [1.54, 1.807) is 7.11 Å². The molecule has 2 aromatic rings. The summed E-state index contributed by atoms with van der Waals surface area (Å²) in [6, 6.07) is 20.7. The topological polar surface area (TPSA) is 86.6 Å². The Kier molecular flexibility index (Phi) is 10.0. The highest BCUT2D eigenvalue weighted by Gasteiger charge is 2.52. The molecule has 0 heterocycles. The Balaban J connectivity index is 1.93. The van der Waals surface area contributed by atoms with E-state index in [4.69, 9.17) is 23.4 Å². The highest BCUT2D eigenvalue weighted by atomic mass is 28.4. The first-order valence-corrected chi connectivity index (χ1v) is 14.0. The van der Waals surface area contributed by atoms with E-state index in [9.17, 15) is 10.2 Å². The standard InChI is InChI=1S/C27H40O7Si/c1-27(2,3)35(21-12-8-6-9-13-21,22-14-10-7-11-15-22)34-17-20-16-23(32-18-30-4)26(33-19-31-5)25(29)24(20)28/h6-15,20,23-26,28-29H,16-19H2,1-5H3/t20-,23-,24-,25-,26-/m1/s1. The normalized spacial score (nSPS) is 25.5. The molecule has 2 N–H and O–H groups in total. The van der Waals surface area contributed by atoms with Gasteiger partial charge in [-0.3, -0.25) is 0 Å². The summed E-state index contributed by atoms with van der Waals surface area (Å²) in [5.74, 6) is -0.351. The van der Waals surface area contributed by atoms with Crippen molar-refractivity contribution in [2.75, 3.05) is 34.4 Å². The lowest BCUT2D eigenvalue weighted by molar-refractivity contribution is -0.231. The molecule has 35 heavy (non-hydrogen) atoms. The van der Waals surface area contributed by atoms with Crippen molar-refractivity contribution in [3.05, 3.63) is 60.7 Å². The summed E-state index contributed by atoms with van der Waals surface area (Å²) in [7, 11) is 0.276. The van der Waals surface area contributed by atoms with Crippen molar-refractivity contribution in [1.82, 2.24) is 0 Å². The van der Waals surface area contributed by atoms with Crippen molar-refractivity contribution in [1.29, 1.82) is 0 Å². The number of hydrogen-bond acceptors (Lipinski definition) is 7. The largest absolute Gasteiger partial charge is 0.407 e. The molecule has 8 heteroatoms. The van der Waals surface area contributed by atoms with Gasteiger partial charge in [-0.25, -0.2) is 0 Å². The molecule has 7 nitrogen and oxygen atoms in total. The van der Waals surface area contributed by atoms with Crippen LogP contribution in [0.15, 0.2) is 60.7 Å². The van der Waals surface area contributed by atoms with E-state index in [1.165, 1.54) is 7.11 Å². The second-order valence-electron chi connectivity index (χ2n) is 10.1. The van der Waals surface area contributed by atoms with Crippen LogP contribution in [0.3, 0.4) is 0 Å². The van der Waals surface area contributed by atoms with Gasteiger partial charge in [-0.1, -0.05) is 81.4 Å². The quantitative estimate of drug-likeness (QED) is 0.359. The van der Waals surface area contributed by atoms with Gasteiger partial charge in [0.25, 0.3) is 8.32 Å². The van der Waals surface area contributed by atoms with Crippen molar-refractivity contribution >= 4 is 18.7 Å². The van der Waals surface area contributed by atoms with Crippen LogP contribution in [-0.4, -0.2) is 77.4 Å². The minimum Gasteiger partial charge on any atom is -0.407 e. The van der Waals surface area contributed by atoms with Gasteiger partial charge < -0.3 is 33.6 Å². The molecule has 0 radical (unpaired) electrons. The maximum absolute atomic E-state index is 11.1. The van der Waals surface area contributed by atoms with Crippen LogP contribution in [-0.2, 0) is 23.4 Å². The maximum Gasteiger partial charge on any atom is 0.261 e. The molecule has 0 aromatic heterocycles. The second-order valence-corrected chi connectivity index (χ2v) is 14.4. The molecule has 194 valence electrons. The van der Waals surface area contributed by atoms with Gasteiger partial charge in [-0.15, -0.1) is 0 Å². The van der Waals surface area contributed by atoms with Crippen molar-refractivity contribution in [3.8, 4) is 0 Å². The van der Waals surface area contributed by atoms with Gasteiger partial charge >= 0.3 is 0 Å². The molecule has 1 aliphatic carbocycles. The highest BCUT2D eigenvalue weighted by molar-refractivity contribution is 6.99. The fraction of sp³-hybridized carbons (Fsp3) is 0.556. The number of methoxy groups -OCH3 is 2. The number of ether oxygens (including phenoxy) is 4. The van der Waals surface area contributed by atoms with Crippen LogP contribution < -0.4 is 10.4 Å². The molecule has 3 rings (SSSR count). The van der Waals surface area contributed by atoms with Crippen LogP contribution in [0.4, 0.5) is 0 Å². The van der Waals surface area contributed by atoms with Gasteiger partial charge in [0.15, 0.2) is 0 Å². The van der Waals surface area contributed by atoms with Crippen LogP contribution in [0.1, 0.15) is 27.2 Å². The average molecular weight is 505 g/mol. The van der Waals surface area contributed by atoms with Crippen LogP contribution >= 0.6 is 0 Å². The summed E-state index contributed by atoms with van der Waals surface area (Å²) in [6.07, 6.45) is -2.93. The molecule has 1 fully saturated rings. The Labute approximate surface area is 210 Å². The average Bonchev–Trinajstić information content (AvgIpc) is 2.85. The molecule has 0 amide bonds. The first-order valence-electron chi connectivity index (χ1n) is 12.1. The van der Waals surface area contributed by atoms with E-state index >= 15 is 0 Å². The first-order chi connectivity index (χ1) is 16.8. The number of hydrogen-bond donors (Lipinski definition) is 2. The molecule has 0 aliphatic heterocycles. The van der Waals surface area contributed by atoms with E-state index < -0.39 is 32.7 Å². The Morgan fingerprint density at radius 2 is 1.31 bits per heavy atom. The van der Waals surface area contributed by atoms with Gasteiger partial charge in [0.05, 0.1) is 12.2 Å². The van der Waals surface area contributed by atoms with Crippen LogP contribution in [0.5, 0.6) is 0 Å².